The molecule has 37 heavy (non-hydrogen) atoms. The average molecular weight is 490 g/mol. The van der Waals surface area contributed by atoms with Gasteiger partial charge in [-0.1, -0.05) is 48.5 Å². The Hall–Kier alpha value is -4.33. The molecule has 0 aliphatic carbocycles. The van der Waals surface area contributed by atoms with Crippen molar-refractivity contribution in [3.8, 4) is 28.0 Å². The van der Waals surface area contributed by atoms with Crippen LogP contribution in [0.25, 0.3) is 33.2 Å². The SMILES string of the molecule is COc1ccc(-c2cccc3cnc(Nc4ccc(-c5ccc(C6CNCCO6)nc5)cc4)nc23)cc1. The van der Waals surface area contributed by atoms with Gasteiger partial charge in [-0.15, -0.1) is 0 Å². The number of fused-ring (bicyclic) bond motifs is 1. The lowest BCUT2D eigenvalue weighted by molar-refractivity contribution is 0.0250. The lowest BCUT2D eigenvalue weighted by Crippen LogP contribution is -2.33. The molecule has 1 aliphatic rings. The highest BCUT2D eigenvalue weighted by Crippen LogP contribution is 2.30. The minimum atomic E-state index is 0.0153. The number of ether oxygens (including phenoxy) is 2. The van der Waals surface area contributed by atoms with Gasteiger partial charge in [0.25, 0.3) is 0 Å². The Balaban J connectivity index is 1.21. The number of para-hydroxylation sites is 1. The van der Waals surface area contributed by atoms with E-state index in [0.717, 1.165) is 63.4 Å². The first kappa shape index (κ1) is 23.1. The molecule has 0 amide bonds. The van der Waals surface area contributed by atoms with Gasteiger partial charge in [-0.05, 0) is 41.5 Å². The maximum Gasteiger partial charge on any atom is 0.227 e. The van der Waals surface area contributed by atoms with Gasteiger partial charge in [0, 0.05) is 47.7 Å². The summed E-state index contributed by atoms with van der Waals surface area (Å²) in [6.07, 6.45) is 3.77. The van der Waals surface area contributed by atoms with Crippen LogP contribution in [0.15, 0.2) is 91.3 Å². The third kappa shape index (κ3) is 5.00. The zero-order valence-electron chi connectivity index (χ0n) is 20.5. The van der Waals surface area contributed by atoms with Crippen LogP contribution in [0, 0.1) is 0 Å². The van der Waals surface area contributed by atoms with Crippen molar-refractivity contribution in [1.82, 2.24) is 20.3 Å². The molecule has 0 spiro atoms. The summed E-state index contributed by atoms with van der Waals surface area (Å²) in [6, 6.07) is 26.5. The van der Waals surface area contributed by atoms with E-state index < -0.39 is 0 Å². The molecule has 7 heteroatoms. The fourth-order valence-electron chi connectivity index (χ4n) is 4.52. The molecule has 6 rings (SSSR count). The Kier molecular flexibility index (Phi) is 6.45. The van der Waals surface area contributed by atoms with Crippen molar-refractivity contribution in [3.05, 3.63) is 97.0 Å². The summed E-state index contributed by atoms with van der Waals surface area (Å²) < 4.78 is 11.1. The Bertz CT molecular complexity index is 1500. The third-order valence-corrected chi connectivity index (χ3v) is 6.53. The van der Waals surface area contributed by atoms with Gasteiger partial charge in [0.05, 0.1) is 24.9 Å². The van der Waals surface area contributed by atoms with Crippen molar-refractivity contribution in [2.45, 2.75) is 6.10 Å². The van der Waals surface area contributed by atoms with Crippen molar-refractivity contribution in [2.24, 2.45) is 0 Å². The first-order valence-electron chi connectivity index (χ1n) is 12.3. The first-order valence-corrected chi connectivity index (χ1v) is 12.3. The number of hydrogen-bond acceptors (Lipinski definition) is 7. The van der Waals surface area contributed by atoms with Crippen LogP contribution >= 0.6 is 0 Å². The van der Waals surface area contributed by atoms with E-state index in [4.69, 9.17) is 14.5 Å². The molecule has 7 nitrogen and oxygen atoms in total. The summed E-state index contributed by atoms with van der Waals surface area (Å²) in [5.74, 6) is 1.38. The zero-order valence-corrected chi connectivity index (χ0v) is 20.5. The molecule has 0 bridgehead atoms. The molecule has 5 aromatic rings. The molecule has 1 atom stereocenters. The minimum Gasteiger partial charge on any atom is -0.497 e. The van der Waals surface area contributed by atoms with Crippen LogP contribution in [0.1, 0.15) is 11.8 Å². The smallest absolute Gasteiger partial charge is 0.227 e. The topological polar surface area (TPSA) is 81.2 Å². The molecule has 1 saturated heterocycles. The number of anilines is 2. The molecule has 0 saturated carbocycles. The van der Waals surface area contributed by atoms with Crippen LogP contribution in [0.2, 0.25) is 0 Å². The molecular weight excluding hydrogens is 462 g/mol. The monoisotopic (exact) mass is 489 g/mol. The van der Waals surface area contributed by atoms with Gasteiger partial charge in [0.1, 0.15) is 11.9 Å². The Morgan fingerprint density at radius 3 is 2.41 bits per heavy atom. The van der Waals surface area contributed by atoms with E-state index in [2.05, 4.69) is 44.9 Å². The normalized spacial score (nSPS) is 15.4. The number of benzene rings is 3. The van der Waals surface area contributed by atoms with Gasteiger partial charge in [-0.2, -0.15) is 0 Å². The van der Waals surface area contributed by atoms with Gasteiger partial charge >= 0.3 is 0 Å². The average Bonchev–Trinajstić information content (AvgIpc) is 2.98. The van der Waals surface area contributed by atoms with Gasteiger partial charge in [0.15, 0.2) is 0 Å². The highest BCUT2D eigenvalue weighted by Gasteiger charge is 2.16. The summed E-state index contributed by atoms with van der Waals surface area (Å²) in [5.41, 5.74) is 7.04. The predicted octanol–water partition coefficient (Wildman–Crippen LogP) is 5.77. The van der Waals surface area contributed by atoms with Gasteiger partial charge in [0.2, 0.25) is 5.95 Å². The number of pyridine rings is 1. The predicted molar refractivity (Wildman–Crippen MR) is 146 cm³/mol. The number of methoxy groups -OCH3 is 1. The van der Waals surface area contributed by atoms with Crippen molar-refractivity contribution in [3.63, 3.8) is 0 Å². The van der Waals surface area contributed by atoms with Crippen LogP contribution in [0.4, 0.5) is 11.6 Å². The lowest BCUT2D eigenvalue weighted by atomic mass is 10.0. The number of hydrogen-bond donors (Lipinski definition) is 2. The molecule has 2 aromatic heterocycles. The summed E-state index contributed by atoms with van der Waals surface area (Å²) in [4.78, 5) is 14.0. The Labute approximate surface area is 215 Å². The van der Waals surface area contributed by atoms with Crippen LogP contribution < -0.4 is 15.4 Å². The van der Waals surface area contributed by atoms with Crippen molar-refractivity contribution in [2.75, 3.05) is 32.1 Å². The molecule has 1 unspecified atom stereocenters. The molecule has 3 aromatic carbocycles. The second-order valence-electron chi connectivity index (χ2n) is 8.90. The van der Waals surface area contributed by atoms with Gasteiger partial charge in [-0.25, -0.2) is 9.97 Å². The van der Waals surface area contributed by atoms with Crippen molar-refractivity contribution >= 4 is 22.5 Å². The van der Waals surface area contributed by atoms with E-state index in [0.29, 0.717) is 12.6 Å². The number of rotatable bonds is 6. The molecule has 184 valence electrons. The Morgan fingerprint density at radius 2 is 1.68 bits per heavy atom. The largest absolute Gasteiger partial charge is 0.497 e. The van der Waals surface area contributed by atoms with Crippen LogP contribution in [0.5, 0.6) is 5.75 Å². The molecule has 3 heterocycles. The quantitative estimate of drug-likeness (QED) is 0.313. The first-order chi connectivity index (χ1) is 18.3. The van der Waals surface area contributed by atoms with E-state index in [1.54, 1.807) is 7.11 Å². The maximum atomic E-state index is 5.80. The second-order valence-corrected chi connectivity index (χ2v) is 8.90. The van der Waals surface area contributed by atoms with Gasteiger partial charge < -0.3 is 20.1 Å². The van der Waals surface area contributed by atoms with Crippen LogP contribution in [-0.2, 0) is 4.74 Å². The lowest BCUT2D eigenvalue weighted by Gasteiger charge is -2.23. The number of aromatic nitrogens is 3. The van der Waals surface area contributed by atoms with Crippen LogP contribution in [-0.4, -0.2) is 41.8 Å². The number of nitrogens with one attached hydrogen (secondary N) is 2. The summed E-state index contributed by atoms with van der Waals surface area (Å²) in [6.45, 7) is 2.40. The summed E-state index contributed by atoms with van der Waals surface area (Å²) in [7, 11) is 1.67. The highest BCUT2D eigenvalue weighted by atomic mass is 16.5. The molecule has 1 aliphatic heterocycles. The molecule has 1 fully saturated rings. The minimum absolute atomic E-state index is 0.0153. The molecule has 0 radical (unpaired) electrons. The summed E-state index contributed by atoms with van der Waals surface area (Å²) in [5, 5.41) is 7.67. The maximum absolute atomic E-state index is 5.80. The van der Waals surface area contributed by atoms with E-state index in [-0.39, 0.29) is 6.10 Å². The summed E-state index contributed by atoms with van der Waals surface area (Å²) >= 11 is 0. The third-order valence-electron chi connectivity index (χ3n) is 6.53. The number of nitrogens with zero attached hydrogens (tertiary/aromatic N) is 3. The standard InChI is InChI=1S/C30H27N5O2/c1-36-25-12-7-21(8-13-25)26-4-2-3-23-18-33-30(35-29(23)26)34-24-10-5-20(6-11-24)22-9-14-27(32-17-22)28-19-31-15-16-37-28/h2-14,17-18,28,31H,15-16,19H2,1H3,(H,33,34,35). The fourth-order valence-corrected chi connectivity index (χ4v) is 4.52. The second kappa shape index (κ2) is 10.3. The molecular formula is C30H27N5O2. The van der Waals surface area contributed by atoms with E-state index in [1.807, 2.05) is 67.0 Å². The zero-order chi connectivity index (χ0) is 25.0. The van der Waals surface area contributed by atoms with Crippen LogP contribution in [0.3, 0.4) is 0 Å². The van der Waals surface area contributed by atoms with E-state index in [1.165, 1.54) is 0 Å². The fraction of sp³-hybridized carbons (Fsp3) is 0.167. The Morgan fingerprint density at radius 1 is 0.865 bits per heavy atom. The number of morpholine rings is 1. The highest BCUT2D eigenvalue weighted by molar-refractivity contribution is 5.94. The van der Waals surface area contributed by atoms with Crippen molar-refractivity contribution < 1.29 is 9.47 Å². The van der Waals surface area contributed by atoms with E-state index in [9.17, 15) is 0 Å². The van der Waals surface area contributed by atoms with Crippen molar-refractivity contribution in [1.29, 1.82) is 0 Å². The van der Waals surface area contributed by atoms with E-state index >= 15 is 0 Å². The van der Waals surface area contributed by atoms with Gasteiger partial charge in [-0.3, -0.25) is 4.98 Å². The molecule has 2 N–H and O–H groups in total.